The van der Waals surface area contributed by atoms with Crippen LogP contribution in [0.4, 0.5) is 0 Å². The molecule has 1 N–H and O–H groups in total. The van der Waals surface area contributed by atoms with Crippen LogP contribution < -0.4 is 10.9 Å². The minimum atomic E-state index is -0.435. The van der Waals surface area contributed by atoms with Crippen molar-refractivity contribution < 1.29 is 14.3 Å². The highest BCUT2D eigenvalue weighted by Crippen LogP contribution is 2.14. The molecule has 2 aromatic carbocycles. The van der Waals surface area contributed by atoms with Crippen LogP contribution in [0.25, 0.3) is 10.9 Å². The Balaban J connectivity index is 1.36. The van der Waals surface area contributed by atoms with E-state index >= 15 is 0 Å². The number of hydrogen-bond donors (Lipinski definition) is 1. The molecule has 0 atom stereocenters. The molecule has 7 nitrogen and oxygen atoms in total. The maximum Gasteiger partial charge on any atom is 0.307 e. The first-order valence-electron chi connectivity index (χ1n) is 10.0. The van der Waals surface area contributed by atoms with Gasteiger partial charge in [-0.25, -0.2) is 4.98 Å². The first kappa shape index (κ1) is 22.7. The fraction of sp³-hybridized carbons (Fsp3) is 0.304. The average Bonchev–Trinajstić information content (AvgIpc) is 2.76. The number of nitrogens with zero attached hydrogens (tertiary/aromatic N) is 2. The van der Waals surface area contributed by atoms with E-state index in [2.05, 4.69) is 26.2 Å². The fourth-order valence-electron chi connectivity index (χ4n) is 3.03. The molecular formula is C23H24BrN3O4. The third-order valence-corrected chi connectivity index (χ3v) is 5.28. The van der Waals surface area contributed by atoms with Gasteiger partial charge in [0.1, 0.15) is 6.61 Å². The summed E-state index contributed by atoms with van der Waals surface area (Å²) < 4.78 is 7.32. The third-order valence-electron chi connectivity index (χ3n) is 4.79. The molecule has 0 unspecified atom stereocenters. The van der Waals surface area contributed by atoms with E-state index in [9.17, 15) is 14.4 Å². The number of halogens is 1. The zero-order chi connectivity index (χ0) is 22.2. The second kappa shape index (κ2) is 10.9. The summed E-state index contributed by atoms with van der Waals surface area (Å²) in [7, 11) is 0. The van der Waals surface area contributed by atoms with Crippen molar-refractivity contribution >= 4 is 38.7 Å². The van der Waals surface area contributed by atoms with Gasteiger partial charge in [-0.05, 0) is 37.1 Å². The van der Waals surface area contributed by atoms with Crippen LogP contribution in [0.1, 0.15) is 24.0 Å². The van der Waals surface area contributed by atoms with Gasteiger partial charge in [-0.15, -0.1) is 0 Å². The van der Waals surface area contributed by atoms with Gasteiger partial charge in [0, 0.05) is 17.4 Å². The lowest BCUT2D eigenvalue weighted by molar-refractivity contribution is -0.144. The highest BCUT2D eigenvalue weighted by Gasteiger charge is 2.09. The number of aromatic nitrogens is 2. The Morgan fingerprint density at radius 1 is 1.13 bits per heavy atom. The van der Waals surface area contributed by atoms with Gasteiger partial charge in [-0.1, -0.05) is 45.8 Å². The van der Waals surface area contributed by atoms with Gasteiger partial charge in [-0.3, -0.25) is 19.0 Å². The van der Waals surface area contributed by atoms with Gasteiger partial charge in [-0.2, -0.15) is 0 Å². The number of aryl methyl sites for hydroxylation is 3. The van der Waals surface area contributed by atoms with Crippen LogP contribution in [0.5, 0.6) is 0 Å². The van der Waals surface area contributed by atoms with Gasteiger partial charge in [0.25, 0.3) is 5.56 Å². The Morgan fingerprint density at radius 2 is 1.90 bits per heavy atom. The number of hydrogen-bond acceptors (Lipinski definition) is 5. The number of nitrogens with one attached hydrogen (secondary N) is 1. The molecule has 1 aromatic heterocycles. The van der Waals surface area contributed by atoms with E-state index in [0.717, 1.165) is 10.0 Å². The molecule has 3 aromatic rings. The second-order valence-corrected chi connectivity index (χ2v) is 8.13. The molecule has 0 fully saturated rings. The number of carbonyl (C=O) groups is 2. The molecule has 0 aliphatic carbocycles. The lowest BCUT2D eigenvalue weighted by Crippen LogP contribution is -2.28. The zero-order valence-electron chi connectivity index (χ0n) is 17.3. The Kier molecular flexibility index (Phi) is 7.94. The van der Waals surface area contributed by atoms with E-state index in [1.807, 2.05) is 37.3 Å². The summed E-state index contributed by atoms with van der Waals surface area (Å²) >= 11 is 3.34. The van der Waals surface area contributed by atoms with E-state index in [0.29, 0.717) is 23.7 Å². The summed E-state index contributed by atoms with van der Waals surface area (Å²) in [6.07, 6.45) is 2.52. The average molecular weight is 486 g/mol. The third kappa shape index (κ3) is 6.75. The summed E-state index contributed by atoms with van der Waals surface area (Å²) in [6.45, 7) is 2.54. The Bertz CT molecular complexity index is 1130. The first-order chi connectivity index (χ1) is 14.9. The number of rotatable bonds is 9. The molecule has 0 saturated heterocycles. The van der Waals surface area contributed by atoms with Crippen LogP contribution in [0.3, 0.4) is 0 Å². The minimum Gasteiger partial charge on any atom is -0.464 e. The van der Waals surface area contributed by atoms with Crippen LogP contribution in [0.2, 0.25) is 0 Å². The van der Waals surface area contributed by atoms with E-state index in [1.165, 1.54) is 16.5 Å². The van der Waals surface area contributed by atoms with Crippen LogP contribution in [0, 0.1) is 6.92 Å². The maximum absolute atomic E-state index is 12.5. The number of carbonyl (C=O) groups excluding carboxylic acids is 2. The van der Waals surface area contributed by atoms with Crippen molar-refractivity contribution in [3.05, 3.63) is 74.7 Å². The molecule has 0 aliphatic rings. The van der Waals surface area contributed by atoms with Gasteiger partial charge in [0.2, 0.25) is 5.91 Å². The van der Waals surface area contributed by atoms with Crippen molar-refractivity contribution in [2.24, 2.45) is 0 Å². The van der Waals surface area contributed by atoms with E-state index in [1.54, 1.807) is 12.1 Å². The predicted octanol–water partition coefficient (Wildman–Crippen LogP) is 3.15. The number of benzene rings is 2. The number of esters is 1. The quantitative estimate of drug-likeness (QED) is 0.371. The molecule has 1 amide bonds. The topological polar surface area (TPSA) is 90.3 Å². The first-order valence-corrected chi connectivity index (χ1v) is 10.8. The van der Waals surface area contributed by atoms with E-state index < -0.39 is 5.97 Å². The van der Waals surface area contributed by atoms with Crippen molar-refractivity contribution in [1.82, 2.24) is 14.9 Å². The zero-order valence-corrected chi connectivity index (χ0v) is 18.9. The van der Waals surface area contributed by atoms with E-state index in [-0.39, 0.29) is 37.6 Å². The van der Waals surface area contributed by atoms with Gasteiger partial charge >= 0.3 is 5.97 Å². The summed E-state index contributed by atoms with van der Waals surface area (Å²) in [5, 5.41) is 3.23. The van der Waals surface area contributed by atoms with Gasteiger partial charge in [0.05, 0.1) is 30.2 Å². The molecule has 8 heteroatoms. The highest BCUT2D eigenvalue weighted by molar-refractivity contribution is 9.10. The maximum atomic E-state index is 12.5. The lowest BCUT2D eigenvalue weighted by Gasteiger charge is -2.09. The SMILES string of the molecule is Cc1ccc(CCC(=O)NCCOC(=O)CCn2cnc3ccc(Br)cc3c2=O)cc1. The summed E-state index contributed by atoms with van der Waals surface area (Å²) in [5.74, 6) is -0.522. The molecular weight excluding hydrogens is 462 g/mol. The number of amides is 1. The standard InChI is InChI=1S/C23H24BrN3O4/c1-16-2-4-17(5-3-16)6-9-21(28)25-11-13-31-22(29)10-12-27-15-26-20-8-7-18(24)14-19(20)23(27)30/h2-5,7-8,14-15H,6,9-13H2,1H3,(H,25,28). The summed E-state index contributed by atoms with van der Waals surface area (Å²) in [6, 6.07) is 13.4. The molecule has 0 aliphatic heterocycles. The molecule has 0 radical (unpaired) electrons. The van der Waals surface area contributed by atoms with Crippen molar-refractivity contribution in [3.8, 4) is 0 Å². The van der Waals surface area contributed by atoms with E-state index in [4.69, 9.17) is 4.74 Å². The molecule has 31 heavy (non-hydrogen) atoms. The van der Waals surface area contributed by atoms with Crippen molar-refractivity contribution in [3.63, 3.8) is 0 Å². The molecule has 0 spiro atoms. The summed E-state index contributed by atoms with van der Waals surface area (Å²) in [5.41, 5.74) is 2.69. The van der Waals surface area contributed by atoms with Crippen molar-refractivity contribution in [1.29, 1.82) is 0 Å². The largest absolute Gasteiger partial charge is 0.464 e. The molecule has 0 saturated carbocycles. The normalized spacial score (nSPS) is 10.8. The van der Waals surface area contributed by atoms with Crippen LogP contribution >= 0.6 is 15.9 Å². The van der Waals surface area contributed by atoms with Gasteiger partial charge < -0.3 is 10.1 Å². The molecule has 0 bridgehead atoms. The Morgan fingerprint density at radius 3 is 2.68 bits per heavy atom. The number of ether oxygens (including phenoxy) is 1. The Labute approximate surface area is 188 Å². The molecule has 3 rings (SSSR count). The van der Waals surface area contributed by atoms with Crippen LogP contribution in [-0.4, -0.2) is 34.6 Å². The fourth-order valence-corrected chi connectivity index (χ4v) is 3.39. The van der Waals surface area contributed by atoms with Crippen molar-refractivity contribution in [2.45, 2.75) is 32.7 Å². The lowest BCUT2D eigenvalue weighted by atomic mass is 10.1. The number of fused-ring (bicyclic) bond motifs is 1. The predicted molar refractivity (Wildman–Crippen MR) is 122 cm³/mol. The van der Waals surface area contributed by atoms with Crippen LogP contribution in [0.15, 0.2) is 58.1 Å². The van der Waals surface area contributed by atoms with Crippen molar-refractivity contribution in [2.75, 3.05) is 13.2 Å². The minimum absolute atomic E-state index is 0.0441. The monoisotopic (exact) mass is 485 g/mol. The summed E-state index contributed by atoms with van der Waals surface area (Å²) in [4.78, 5) is 40.6. The smallest absolute Gasteiger partial charge is 0.307 e. The second-order valence-electron chi connectivity index (χ2n) is 7.21. The molecule has 1 heterocycles. The van der Waals surface area contributed by atoms with Crippen LogP contribution in [-0.2, 0) is 27.3 Å². The van der Waals surface area contributed by atoms with Gasteiger partial charge in [0.15, 0.2) is 0 Å². The molecule has 162 valence electrons. The Hall–Kier alpha value is -3.00. The highest BCUT2D eigenvalue weighted by atomic mass is 79.9.